The predicted molar refractivity (Wildman–Crippen MR) is 31.1 cm³/mol. The third kappa shape index (κ3) is 2.88. The van der Waals surface area contributed by atoms with Gasteiger partial charge in [0, 0.05) is 0 Å². The van der Waals surface area contributed by atoms with E-state index in [1.807, 2.05) is 0 Å². The zero-order chi connectivity index (χ0) is 7.98. The molecule has 5 heteroatoms. The number of ether oxygens (including phenoxy) is 1. The molecule has 5 nitrogen and oxygen atoms in total. The van der Waals surface area contributed by atoms with E-state index in [1.54, 1.807) is 0 Å². The second-order valence-electron chi connectivity index (χ2n) is 1.64. The van der Waals surface area contributed by atoms with Gasteiger partial charge in [0.25, 0.3) is 0 Å². The van der Waals surface area contributed by atoms with Gasteiger partial charge < -0.3 is 24.9 Å². The van der Waals surface area contributed by atoms with E-state index in [9.17, 15) is 4.79 Å². The summed E-state index contributed by atoms with van der Waals surface area (Å²) in [5, 5.41) is 25.2. The highest BCUT2D eigenvalue weighted by atomic mass is 16.6. The smallest absolute Gasteiger partial charge is 0.151 e. The highest BCUT2D eigenvalue weighted by molar-refractivity contribution is 5.56. The molecule has 0 aromatic carbocycles. The molecule has 0 spiro atoms. The normalized spacial score (nSPS) is 16.3. The molecule has 0 fully saturated rings. The molecule has 2 atom stereocenters. The molecule has 0 rings (SSSR count). The Kier molecular flexibility index (Phi) is 5.05. The third-order valence-corrected chi connectivity index (χ3v) is 0.989. The Labute approximate surface area is 57.9 Å². The van der Waals surface area contributed by atoms with E-state index in [2.05, 4.69) is 4.74 Å². The quantitative estimate of drug-likeness (QED) is 0.308. The first-order valence-electron chi connectivity index (χ1n) is 2.73. The molecule has 0 aliphatic heterocycles. The van der Waals surface area contributed by atoms with E-state index in [0.29, 0.717) is 0 Å². The molecule has 0 heterocycles. The largest absolute Gasteiger partial charge is 0.394 e. The van der Waals surface area contributed by atoms with Crippen LogP contribution in [0.4, 0.5) is 0 Å². The van der Waals surface area contributed by atoms with Gasteiger partial charge >= 0.3 is 0 Å². The molecule has 0 aliphatic rings. The predicted octanol–water partition coefficient (Wildman–Crippen LogP) is -2.13. The van der Waals surface area contributed by atoms with Gasteiger partial charge in [-0.3, -0.25) is 0 Å². The lowest BCUT2D eigenvalue weighted by atomic mass is 10.2. The van der Waals surface area contributed by atoms with E-state index < -0.39 is 25.6 Å². The van der Waals surface area contributed by atoms with Crippen molar-refractivity contribution in [3.63, 3.8) is 0 Å². The first-order valence-corrected chi connectivity index (χ1v) is 2.73. The Morgan fingerprint density at radius 1 is 1.50 bits per heavy atom. The molecule has 10 heavy (non-hydrogen) atoms. The Morgan fingerprint density at radius 2 is 2.10 bits per heavy atom. The van der Waals surface area contributed by atoms with Crippen molar-refractivity contribution in [1.29, 1.82) is 0 Å². The Hall–Kier alpha value is -0.490. The van der Waals surface area contributed by atoms with Crippen molar-refractivity contribution in [2.24, 2.45) is 0 Å². The van der Waals surface area contributed by atoms with Gasteiger partial charge in [0.05, 0.1) is 6.61 Å². The van der Waals surface area contributed by atoms with Crippen LogP contribution >= 0.6 is 0 Å². The maximum atomic E-state index is 9.86. The second kappa shape index (κ2) is 5.31. The van der Waals surface area contributed by atoms with Crippen LogP contribution < -0.4 is 0 Å². The third-order valence-electron chi connectivity index (χ3n) is 0.989. The average Bonchev–Trinajstić information content (AvgIpc) is 1.99. The molecule has 0 saturated heterocycles. The van der Waals surface area contributed by atoms with Gasteiger partial charge in [-0.05, 0) is 0 Å². The van der Waals surface area contributed by atoms with Crippen LogP contribution in [-0.2, 0) is 9.53 Å². The molecule has 0 bridgehead atoms. The summed E-state index contributed by atoms with van der Waals surface area (Å²) in [5.74, 6) is 0. The molecule has 1 unspecified atom stereocenters. The number of carbonyl (C=O) groups excluding carboxylic acids is 1. The number of rotatable bonds is 5. The van der Waals surface area contributed by atoms with Crippen molar-refractivity contribution in [2.45, 2.75) is 12.2 Å². The Morgan fingerprint density at radius 3 is 2.40 bits per heavy atom. The second-order valence-corrected chi connectivity index (χ2v) is 1.64. The summed E-state index contributed by atoms with van der Waals surface area (Å²) in [6.07, 6.45) is -2.17. The van der Waals surface area contributed by atoms with E-state index in [-0.39, 0.29) is 6.29 Å². The van der Waals surface area contributed by atoms with Gasteiger partial charge in [-0.25, -0.2) is 0 Å². The molecular formula is C5H10O5. The summed E-state index contributed by atoms with van der Waals surface area (Å²) in [6, 6.07) is 0. The molecule has 0 aromatic rings. The lowest BCUT2D eigenvalue weighted by molar-refractivity contribution is -0.137. The summed E-state index contributed by atoms with van der Waals surface area (Å²) in [6.45, 7) is -1.13. The van der Waals surface area contributed by atoms with Crippen molar-refractivity contribution < 1.29 is 24.9 Å². The van der Waals surface area contributed by atoms with Gasteiger partial charge in [-0.15, -0.1) is 0 Å². The average molecular weight is 150 g/mol. The number of carbonyl (C=O) groups is 1. The van der Waals surface area contributed by atoms with E-state index in [0.717, 1.165) is 0 Å². The lowest BCUT2D eigenvalue weighted by Gasteiger charge is -2.14. The maximum Gasteiger partial charge on any atom is 0.151 e. The summed E-state index contributed by atoms with van der Waals surface area (Å²) in [5.41, 5.74) is 0. The van der Waals surface area contributed by atoms with Crippen LogP contribution in [0.2, 0.25) is 0 Å². The Bertz CT molecular complexity index is 94.0. The van der Waals surface area contributed by atoms with Crippen LogP contribution in [0.25, 0.3) is 0 Å². The van der Waals surface area contributed by atoms with Gasteiger partial charge in [-0.1, -0.05) is 0 Å². The van der Waals surface area contributed by atoms with Gasteiger partial charge in [0.15, 0.2) is 6.29 Å². The van der Waals surface area contributed by atoms with Crippen molar-refractivity contribution in [3.05, 3.63) is 0 Å². The van der Waals surface area contributed by atoms with Gasteiger partial charge in [0.2, 0.25) is 0 Å². The summed E-state index contributed by atoms with van der Waals surface area (Å²) in [4.78, 5) is 9.86. The van der Waals surface area contributed by atoms with Crippen LogP contribution in [0.5, 0.6) is 0 Å². The SMILES string of the molecule is O=CC(O)[C@H](CO)OCO. The minimum Gasteiger partial charge on any atom is -0.394 e. The molecule has 60 valence electrons. The molecule has 0 aliphatic carbocycles. The molecule has 0 amide bonds. The first kappa shape index (κ1) is 9.51. The standard InChI is InChI=1S/C5H10O5/c6-1-4(9)5(2-7)10-3-8/h1,4-5,7-9H,2-3H2/t4?,5-/m0/s1. The van der Waals surface area contributed by atoms with Crippen molar-refractivity contribution in [3.8, 4) is 0 Å². The fraction of sp³-hybridized carbons (Fsp3) is 0.800. The molecule has 0 radical (unpaired) electrons. The fourth-order valence-corrected chi connectivity index (χ4v) is 0.443. The maximum absolute atomic E-state index is 9.86. The van der Waals surface area contributed by atoms with E-state index in [1.165, 1.54) is 0 Å². The van der Waals surface area contributed by atoms with Crippen LogP contribution in [0.15, 0.2) is 0 Å². The van der Waals surface area contributed by atoms with Crippen LogP contribution in [-0.4, -0.2) is 47.2 Å². The highest BCUT2D eigenvalue weighted by Crippen LogP contribution is 1.94. The number of hydrogen-bond acceptors (Lipinski definition) is 5. The van der Waals surface area contributed by atoms with Crippen molar-refractivity contribution in [1.82, 2.24) is 0 Å². The fourth-order valence-electron chi connectivity index (χ4n) is 0.443. The van der Waals surface area contributed by atoms with E-state index in [4.69, 9.17) is 15.3 Å². The minimum absolute atomic E-state index is 0.233. The number of hydrogen-bond donors (Lipinski definition) is 3. The molecular weight excluding hydrogens is 140 g/mol. The molecule has 0 saturated carbocycles. The minimum atomic E-state index is -1.38. The first-order chi connectivity index (χ1) is 4.76. The van der Waals surface area contributed by atoms with Crippen LogP contribution in [0.1, 0.15) is 0 Å². The van der Waals surface area contributed by atoms with E-state index >= 15 is 0 Å². The number of aliphatic hydroxyl groups is 3. The zero-order valence-electron chi connectivity index (χ0n) is 5.30. The molecule has 3 N–H and O–H groups in total. The van der Waals surface area contributed by atoms with Crippen LogP contribution in [0, 0.1) is 0 Å². The Balaban J connectivity index is 3.67. The summed E-state index contributed by atoms with van der Waals surface area (Å²) >= 11 is 0. The van der Waals surface area contributed by atoms with Gasteiger partial charge in [-0.2, -0.15) is 0 Å². The summed E-state index contributed by atoms with van der Waals surface area (Å²) < 4.78 is 4.37. The summed E-state index contributed by atoms with van der Waals surface area (Å²) in [7, 11) is 0. The highest BCUT2D eigenvalue weighted by Gasteiger charge is 2.17. The topological polar surface area (TPSA) is 87.0 Å². The van der Waals surface area contributed by atoms with Gasteiger partial charge in [0.1, 0.15) is 19.0 Å². The monoisotopic (exact) mass is 150 g/mol. The number of aldehydes is 1. The van der Waals surface area contributed by atoms with Crippen molar-refractivity contribution in [2.75, 3.05) is 13.4 Å². The van der Waals surface area contributed by atoms with Crippen molar-refractivity contribution >= 4 is 6.29 Å². The number of aliphatic hydroxyl groups excluding tert-OH is 3. The molecule has 0 aromatic heterocycles. The van der Waals surface area contributed by atoms with Crippen LogP contribution in [0.3, 0.4) is 0 Å². The lowest BCUT2D eigenvalue weighted by Crippen LogP contribution is -2.33. The zero-order valence-corrected chi connectivity index (χ0v) is 5.30.